The van der Waals surface area contributed by atoms with Crippen LogP contribution in [-0.4, -0.2) is 14.8 Å². The van der Waals surface area contributed by atoms with Gasteiger partial charge in [0.25, 0.3) is 5.56 Å². The Bertz CT molecular complexity index is 736. The molecule has 0 fully saturated rings. The van der Waals surface area contributed by atoms with Crippen molar-refractivity contribution in [2.24, 2.45) is 0 Å². The maximum atomic E-state index is 12.7. The van der Waals surface area contributed by atoms with Gasteiger partial charge >= 0.3 is 11.9 Å². The van der Waals surface area contributed by atoms with E-state index in [1.165, 1.54) is 6.07 Å². The Morgan fingerprint density at radius 2 is 1.95 bits per heavy atom. The number of benzene rings is 1. The molecule has 0 amide bonds. The Morgan fingerprint density at radius 3 is 2.53 bits per heavy atom. The Labute approximate surface area is 108 Å². The minimum Gasteiger partial charge on any atom is -0.271 e. The predicted molar refractivity (Wildman–Crippen MR) is 60.5 cm³/mol. The lowest BCUT2D eigenvalue weighted by Gasteiger charge is -2.11. The zero-order valence-corrected chi connectivity index (χ0v) is 9.79. The van der Waals surface area contributed by atoms with Crippen LogP contribution in [0.15, 0.2) is 34.0 Å². The summed E-state index contributed by atoms with van der Waals surface area (Å²) in [5.74, 6) is 0. The third kappa shape index (κ3) is 2.68. The minimum absolute atomic E-state index is 0.155. The third-order valence-electron chi connectivity index (χ3n) is 2.21. The molecule has 0 bridgehead atoms. The van der Waals surface area contributed by atoms with Crippen LogP contribution in [-0.2, 0) is 6.18 Å². The molecule has 2 rings (SSSR count). The van der Waals surface area contributed by atoms with E-state index >= 15 is 0 Å². The Hall–Kier alpha value is -2.09. The molecule has 0 saturated heterocycles. The fourth-order valence-electron chi connectivity index (χ4n) is 1.40. The molecule has 0 aliphatic heterocycles. The van der Waals surface area contributed by atoms with Crippen molar-refractivity contribution in [2.45, 2.75) is 6.18 Å². The molecule has 1 aromatic carbocycles. The van der Waals surface area contributed by atoms with E-state index in [4.69, 9.17) is 11.6 Å². The molecule has 100 valence electrons. The van der Waals surface area contributed by atoms with Gasteiger partial charge in [-0.2, -0.15) is 23.0 Å². The van der Waals surface area contributed by atoms with E-state index in [9.17, 15) is 22.8 Å². The fraction of sp³-hybridized carbons (Fsp3) is 0.100. The first-order valence-corrected chi connectivity index (χ1v) is 5.22. The van der Waals surface area contributed by atoms with Gasteiger partial charge in [-0.3, -0.25) is 9.78 Å². The molecule has 0 aliphatic carbocycles. The van der Waals surface area contributed by atoms with Crippen LogP contribution in [0.4, 0.5) is 13.2 Å². The Morgan fingerprint density at radius 1 is 1.26 bits per heavy atom. The number of alkyl halides is 3. The number of nitrogens with one attached hydrogen (secondary N) is 1. The number of hydrogen-bond donors (Lipinski definition) is 1. The molecule has 1 heterocycles. The van der Waals surface area contributed by atoms with Crippen LogP contribution in [0, 0.1) is 0 Å². The van der Waals surface area contributed by atoms with Crippen LogP contribution in [0.2, 0.25) is 5.02 Å². The summed E-state index contributed by atoms with van der Waals surface area (Å²) in [6, 6.07) is 2.86. The van der Waals surface area contributed by atoms with E-state index in [-0.39, 0.29) is 5.69 Å². The largest absolute Gasteiger partial charge is 0.417 e. The van der Waals surface area contributed by atoms with E-state index < -0.39 is 28.0 Å². The topological polar surface area (TPSA) is 67.8 Å². The van der Waals surface area contributed by atoms with E-state index in [2.05, 4.69) is 5.10 Å². The number of H-pyrrole nitrogens is 1. The van der Waals surface area contributed by atoms with E-state index in [0.717, 1.165) is 12.3 Å². The molecule has 2 aromatic rings. The zero-order valence-electron chi connectivity index (χ0n) is 9.03. The molecule has 1 aromatic heterocycles. The average Bonchev–Trinajstić information content (AvgIpc) is 2.29. The molecule has 1 N–H and O–H groups in total. The molecule has 0 aliphatic rings. The average molecular weight is 292 g/mol. The van der Waals surface area contributed by atoms with Gasteiger partial charge in [0.2, 0.25) is 0 Å². The number of halogens is 4. The number of hydrogen-bond acceptors (Lipinski definition) is 3. The van der Waals surface area contributed by atoms with E-state index in [0.29, 0.717) is 10.7 Å². The SMILES string of the molecule is O=c1cnn(-c2ccc(Cl)c(C(F)(F)F)c2)c(=O)[nH]1. The number of aromatic amines is 1. The van der Waals surface area contributed by atoms with Crippen LogP contribution in [0.3, 0.4) is 0 Å². The first-order valence-electron chi connectivity index (χ1n) is 4.85. The summed E-state index contributed by atoms with van der Waals surface area (Å²) in [5.41, 5.74) is -2.93. The molecular formula is C10H5ClF3N3O2. The second-order valence-corrected chi connectivity index (χ2v) is 3.92. The van der Waals surface area contributed by atoms with E-state index in [1.807, 2.05) is 4.98 Å². The van der Waals surface area contributed by atoms with Gasteiger partial charge in [-0.05, 0) is 18.2 Å². The van der Waals surface area contributed by atoms with Gasteiger partial charge < -0.3 is 0 Å². The maximum absolute atomic E-state index is 12.7. The summed E-state index contributed by atoms with van der Waals surface area (Å²) in [7, 11) is 0. The normalized spacial score (nSPS) is 11.6. The van der Waals surface area contributed by atoms with Gasteiger partial charge in [0.15, 0.2) is 0 Å². The van der Waals surface area contributed by atoms with Gasteiger partial charge in [-0.25, -0.2) is 4.79 Å². The molecular weight excluding hydrogens is 287 g/mol. The lowest BCUT2D eigenvalue weighted by atomic mass is 10.2. The molecule has 0 spiro atoms. The van der Waals surface area contributed by atoms with Crippen LogP contribution in [0.1, 0.15) is 5.56 Å². The Balaban J connectivity index is 2.65. The molecule has 9 heteroatoms. The van der Waals surface area contributed by atoms with Crippen LogP contribution in [0.25, 0.3) is 5.69 Å². The first kappa shape index (κ1) is 13.3. The van der Waals surface area contributed by atoms with Crippen molar-refractivity contribution >= 4 is 11.6 Å². The molecule has 5 nitrogen and oxygen atoms in total. The highest BCUT2D eigenvalue weighted by molar-refractivity contribution is 6.31. The van der Waals surface area contributed by atoms with Gasteiger partial charge in [0, 0.05) is 0 Å². The van der Waals surface area contributed by atoms with Crippen molar-refractivity contribution < 1.29 is 13.2 Å². The summed E-state index contributed by atoms with van der Waals surface area (Å²) < 4.78 is 38.6. The first-order chi connectivity index (χ1) is 8.79. The van der Waals surface area contributed by atoms with E-state index in [1.54, 1.807) is 0 Å². The molecule has 19 heavy (non-hydrogen) atoms. The van der Waals surface area contributed by atoms with Crippen LogP contribution < -0.4 is 11.2 Å². The summed E-state index contributed by atoms with van der Waals surface area (Å²) in [6.45, 7) is 0. The number of nitrogens with zero attached hydrogens (tertiary/aromatic N) is 2. The monoisotopic (exact) mass is 291 g/mol. The van der Waals surface area contributed by atoms with Crippen LogP contribution in [0.5, 0.6) is 0 Å². The van der Waals surface area contributed by atoms with Crippen molar-refractivity contribution in [1.82, 2.24) is 14.8 Å². The zero-order chi connectivity index (χ0) is 14.2. The number of aromatic nitrogens is 3. The summed E-state index contributed by atoms with van der Waals surface area (Å²) in [4.78, 5) is 24.1. The van der Waals surface area contributed by atoms with Crippen molar-refractivity contribution in [1.29, 1.82) is 0 Å². The molecule has 0 unspecified atom stereocenters. The van der Waals surface area contributed by atoms with Gasteiger partial charge in [0.05, 0.1) is 16.3 Å². The van der Waals surface area contributed by atoms with Gasteiger partial charge in [0.1, 0.15) is 6.20 Å². The van der Waals surface area contributed by atoms with Gasteiger partial charge in [-0.1, -0.05) is 11.6 Å². The quantitative estimate of drug-likeness (QED) is 0.867. The van der Waals surface area contributed by atoms with Crippen molar-refractivity contribution in [3.05, 3.63) is 55.8 Å². The second kappa shape index (κ2) is 4.54. The van der Waals surface area contributed by atoms with Crippen molar-refractivity contribution in [2.75, 3.05) is 0 Å². The predicted octanol–water partition coefficient (Wildman–Crippen LogP) is 1.59. The minimum atomic E-state index is -4.65. The summed E-state index contributed by atoms with van der Waals surface area (Å²) >= 11 is 5.45. The third-order valence-corrected chi connectivity index (χ3v) is 2.54. The Kier molecular flexibility index (Phi) is 3.19. The second-order valence-electron chi connectivity index (χ2n) is 3.51. The fourth-order valence-corrected chi connectivity index (χ4v) is 1.62. The van der Waals surface area contributed by atoms with Crippen molar-refractivity contribution in [3.8, 4) is 5.69 Å². The smallest absolute Gasteiger partial charge is 0.271 e. The highest BCUT2D eigenvalue weighted by Gasteiger charge is 2.33. The summed E-state index contributed by atoms with van der Waals surface area (Å²) in [5, 5.41) is 2.96. The highest BCUT2D eigenvalue weighted by atomic mass is 35.5. The molecule has 0 atom stereocenters. The molecule has 0 radical (unpaired) electrons. The lowest BCUT2D eigenvalue weighted by molar-refractivity contribution is -0.137. The van der Waals surface area contributed by atoms with Crippen LogP contribution >= 0.6 is 11.6 Å². The highest BCUT2D eigenvalue weighted by Crippen LogP contribution is 2.35. The maximum Gasteiger partial charge on any atom is 0.417 e. The standard InChI is InChI=1S/C10H5ClF3N3O2/c11-7-2-1-5(3-6(7)10(12,13)14)17-9(19)16-8(18)4-15-17/h1-4H,(H,16,18,19). The molecule has 0 saturated carbocycles. The summed E-state index contributed by atoms with van der Waals surface area (Å²) in [6.07, 6.45) is -3.87. The van der Waals surface area contributed by atoms with Crippen molar-refractivity contribution in [3.63, 3.8) is 0 Å². The number of rotatable bonds is 1. The lowest BCUT2D eigenvalue weighted by Crippen LogP contribution is -2.30. The van der Waals surface area contributed by atoms with Gasteiger partial charge in [-0.15, -0.1) is 0 Å².